The van der Waals surface area contributed by atoms with Gasteiger partial charge in [-0.25, -0.2) is 9.37 Å². The number of fused-ring (bicyclic) bond motifs is 1. The van der Waals surface area contributed by atoms with Gasteiger partial charge in [0.2, 0.25) is 11.8 Å². The second-order valence-corrected chi connectivity index (χ2v) is 8.52. The van der Waals surface area contributed by atoms with E-state index in [1.165, 1.54) is 12.1 Å². The Bertz CT molecular complexity index is 1170. The molecule has 1 aliphatic rings. The van der Waals surface area contributed by atoms with Crippen LogP contribution in [0.1, 0.15) is 43.8 Å². The number of anilines is 2. The number of rotatable bonds is 2. The number of oxazole rings is 1. The molecule has 152 valence electrons. The summed E-state index contributed by atoms with van der Waals surface area (Å²) in [6, 6.07) is 15.8. The van der Waals surface area contributed by atoms with E-state index in [1.54, 1.807) is 11.0 Å². The highest BCUT2D eigenvalue weighted by atomic mass is 35.5. The van der Waals surface area contributed by atoms with Crippen LogP contribution in [0, 0.1) is 17.1 Å². The molecule has 0 bridgehead atoms. The maximum atomic E-state index is 14.9. The van der Waals surface area contributed by atoms with Crippen molar-refractivity contribution in [3.05, 3.63) is 87.9 Å². The van der Waals surface area contributed by atoms with Crippen LogP contribution in [0.15, 0.2) is 64.3 Å². The third-order valence-corrected chi connectivity index (χ3v) is 5.31. The maximum Gasteiger partial charge on any atom is 0.230 e. The monoisotopic (exact) mass is 422 g/mol. The lowest BCUT2D eigenvalue weighted by Gasteiger charge is -2.31. The predicted molar refractivity (Wildman–Crippen MR) is 114 cm³/mol. The molecule has 30 heavy (non-hydrogen) atoms. The number of benzene rings is 2. The van der Waals surface area contributed by atoms with E-state index in [9.17, 15) is 9.65 Å². The first-order valence-corrected chi connectivity index (χ1v) is 9.82. The molecule has 3 aromatic rings. The fourth-order valence-electron chi connectivity index (χ4n) is 3.53. The average molecular weight is 423 g/mol. The number of aromatic nitrogens is 1. The van der Waals surface area contributed by atoms with E-state index in [4.69, 9.17) is 26.7 Å². The fraction of sp³-hybridized carbons (Fsp3) is 0.217. The van der Waals surface area contributed by atoms with Crippen LogP contribution in [0.5, 0.6) is 0 Å². The lowest BCUT2D eigenvalue weighted by atomic mass is 9.85. The van der Waals surface area contributed by atoms with Crippen molar-refractivity contribution in [2.24, 2.45) is 5.73 Å². The number of hydrogen-bond acceptors (Lipinski definition) is 5. The summed E-state index contributed by atoms with van der Waals surface area (Å²) < 4.78 is 21.1. The molecule has 1 unspecified atom stereocenters. The van der Waals surface area contributed by atoms with Gasteiger partial charge in [0.15, 0.2) is 0 Å². The van der Waals surface area contributed by atoms with Crippen LogP contribution >= 0.6 is 11.6 Å². The number of para-hydroxylation sites is 1. The minimum Gasteiger partial charge on any atom is -0.423 e. The van der Waals surface area contributed by atoms with Crippen molar-refractivity contribution in [1.29, 1.82) is 5.26 Å². The van der Waals surface area contributed by atoms with Crippen molar-refractivity contribution in [2.45, 2.75) is 32.1 Å². The van der Waals surface area contributed by atoms with Gasteiger partial charge in [-0.2, -0.15) is 5.26 Å². The van der Waals surface area contributed by atoms with Crippen LogP contribution in [0.2, 0.25) is 5.02 Å². The molecule has 5 nitrogen and oxygen atoms in total. The molecule has 0 spiro atoms. The second-order valence-electron chi connectivity index (χ2n) is 8.11. The van der Waals surface area contributed by atoms with Crippen molar-refractivity contribution in [1.82, 2.24) is 4.98 Å². The van der Waals surface area contributed by atoms with Crippen molar-refractivity contribution < 1.29 is 8.81 Å². The molecular weight excluding hydrogens is 403 g/mol. The third kappa shape index (κ3) is 3.12. The van der Waals surface area contributed by atoms with Crippen LogP contribution < -0.4 is 10.6 Å². The Hall–Kier alpha value is -3.30. The van der Waals surface area contributed by atoms with Gasteiger partial charge in [-0.05, 0) is 24.3 Å². The number of allylic oxidation sites excluding steroid dienone is 1. The highest BCUT2D eigenvalue weighted by Gasteiger charge is 2.41. The normalized spacial score (nSPS) is 16.4. The molecule has 0 saturated carbocycles. The molecule has 2 N–H and O–H groups in total. The molecule has 2 heterocycles. The lowest BCUT2D eigenvalue weighted by Crippen LogP contribution is -2.31. The van der Waals surface area contributed by atoms with Crippen LogP contribution in [0.25, 0.3) is 0 Å². The first-order valence-electron chi connectivity index (χ1n) is 9.44. The molecule has 0 radical (unpaired) electrons. The summed E-state index contributed by atoms with van der Waals surface area (Å²) in [6.07, 6.45) is 0. The Morgan fingerprint density at radius 3 is 2.47 bits per heavy atom. The van der Waals surface area contributed by atoms with Gasteiger partial charge >= 0.3 is 0 Å². The average Bonchev–Trinajstić information content (AvgIpc) is 3.14. The Balaban J connectivity index is 2.06. The summed E-state index contributed by atoms with van der Waals surface area (Å²) in [7, 11) is 0. The molecule has 0 amide bonds. The van der Waals surface area contributed by atoms with E-state index in [-0.39, 0.29) is 22.0 Å². The molecule has 2 aromatic carbocycles. The van der Waals surface area contributed by atoms with Gasteiger partial charge in [-0.3, -0.25) is 4.90 Å². The summed E-state index contributed by atoms with van der Waals surface area (Å²) in [6.45, 7) is 5.89. The molecular formula is C23H20ClFN4O. The Morgan fingerprint density at radius 2 is 1.87 bits per heavy atom. The van der Waals surface area contributed by atoms with Crippen LogP contribution in [0.3, 0.4) is 0 Å². The van der Waals surface area contributed by atoms with E-state index in [1.807, 2.05) is 51.1 Å². The van der Waals surface area contributed by atoms with E-state index in [0.29, 0.717) is 23.2 Å². The molecule has 1 aliphatic heterocycles. The first-order chi connectivity index (χ1) is 14.2. The van der Waals surface area contributed by atoms with Gasteiger partial charge in [0.25, 0.3) is 0 Å². The van der Waals surface area contributed by atoms with Crippen molar-refractivity contribution in [2.75, 3.05) is 4.90 Å². The van der Waals surface area contributed by atoms with Gasteiger partial charge in [0.1, 0.15) is 17.3 Å². The number of nitrogens with two attached hydrogens (primary N) is 1. The van der Waals surface area contributed by atoms with E-state index < -0.39 is 17.2 Å². The standard InChI is InChI=1S/C23H20ClFN4O/c1-23(2,3)22-28-19-17(18-15(24)10-7-11-16(18)25)14(12-26)20(27)29(21(19)30-22)13-8-5-4-6-9-13/h4-11,17H,27H2,1-3H3. The molecule has 7 heteroatoms. The van der Waals surface area contributed by atoms with E-state index in [2.05, 4.69) is 6.07 Å². The summed E-state index contributed by atoms with van der Waals surface area (Å²) in [5.41, 5.74) is 7.47. The largest absolute Gasteiger partial charge is 0.423 e. The van der Waals surface area contributed by atoms with E-state index >= 15 is 0 Å². The highest BCUT2D eigenvalue weighted by molar-refractivity contribution is 6.31. The zero-order valence-corrected chi connectivity index (χ0v) is 17.5. The molecule has 4 rings (SSSR count). The van der Waals surface area contributed by atoms with Gasteiger partial charge in [-0.1, -0.05) is 56.6 Å². The Kier molecular flexibility index (Phi) is 4.79. The highest BCUT2D eigenvalue weighted by Crippen LogP contribution is 2.49. The topological polar surface area (TPSA) is 79.1 Å². The Morgan fingerprint density at radius 1 is 1.17 bits per heavy atom. The number of halogens is 2. The van der Waals surface area contributed by atoms with Gasteiger partial charge in [0.05, 0.1) is 23.2 Å². The third-order valence-electron chi connectivity index (χ3n) is 4.98. The minimum atomic E-state index is -0.876. The summed E-state index contributed by atoms with van der Waals surface area (Å²) in [4.78, 5) is 6.34. The quantitative estimate of drug-likeness (QED) is 0.569. The summed E-state index contributed by atoms with van der Waals surface area (Å²) in [5, 5.41) is 10.2. The van der Waals surface area contributed by atoms with Gasteiger partial charge in [-0.15, -0.1) is 0 Å². The number of nitriles is 1. The van der Waals surface area contributed by atoms with Crippen LogP contribution in [-0.4, -0.2) is 4.98 Å². The maximum absolute atomic E-state index is 14.9. The van der Waals surface area contributed by atoms with Crippen molar-refractivity contribution in [3.8, 4) is 6.07 Å². The molecule has 0 aliphatic carbocycles. The molecule has 0 fully saturated rings. The molecule has 1 aromatic heterocycles. The van der Waals surface area contributed by atoms with Gasteiger partial charge in [0, 0.05) is 16.0 Å². The summed E-state index contributed by atoms with van der Waals surface area (Å²) >= 11 is 6.36. The fourth-order valence-corrected chi connectivity index (χ4v) is 3.80. The molecule has 1 atom stereocenters. The summed E-state index contributed by atoms with van der Waals surface area (Å²) in [5.74, 6) is -0.451. The van der Waals surface area contributed by atoms with Crippen molar-refractivity contribution >= 4 is 23.2 Å². The molecule has 0 saturated heterocycles. The zero-order valence-electron chi connectivity index (χ0n) is 16.8. The zero-order chi connectivity index (χ0) is 21.6. The number of hydrogen-bond donors (Lipinski definition) is 1. The predicted octanol–water partition coefficient (Wildman–Crippen LogP) is 5.74. The lowest BCUT2D eigenvalue weighted by molar-refractivity contribution is 0.396. The van der Waals surface area contributed by atoms with Crippen LogP contribution in [-0.2, 0) is 5.41 Å². The Labute approximate surface area is 179 Å². The first kappa shape index (κ1) is 20.0. The second kappa shape index (κ2) is 7.19. The van der Waals surface area contributed by atoms with Gasteiger partial charge < -0.3 is 10.2 Å². The number of nitrogens with zero attached hydrogens (tertiary/aromatic N) is 3. The minimum absolute atomic E-state index is 0.150. The smallest absolute Gasteiger partial charge is 0.230 e. The van der Waals surface area contributed by atoms with Crippen molar-refractivity contribution in [3.63, 3.8) is 0 Å². The van der Waals surface area contributed by atoms with Crippen LogP contribution in [0.4, 0.5) is 16.0 Å². The van der Waals surface area contributed by atoms with E-state index in [0.717, 1.165) is 0 Å². The SMILES string of the molecule is CC(C)(C)c1nc2c(o1)N(c1ccccc1)C(N)=C(C#N)C2c1c(F)cccc1Cl.